The predicted molar refractivity (Wildman–Crippen MR) is 88.9 cm³/mol. The molecule has 1 saturated heterocycles. The predicted octanol–water partition coefficient (Wildman–Crippen LogP) is 2.80. The zero-order valence-corrected chi connectivity index (χ0v) is 13.3. The number of nitrogens with zero attached hydrogens (tertiary/aromatic N) is 4. The zero-order chi connectivity index (χ0) is 15.8. The van der Waals surface area contributed by atoms with E-state index in [0.717, 1.165) is 38.2 Å². The minimum absolute atomic E-state index is 0.00331. The number of rotatable bonds is 2. The molecule has 1 aromatic carbocycles. The molecule has 1 aromatic heterocycles. The average molecular weight is 308 g/mol. The fourth-order valence-electron chi connectivity index (χ4n) is 3.56. The Morgan fingerprint density at radius 3 is 2.61 bits per heavy atom. The number of hydrogen-bond donors (Lipinski definition) is 0. The van der Waals surface area contributed by atoms with Gasteiger partial charge < -0.3 is 9.80 Å². The van der Waals surface area contributed by atoms with Crippen molar-refractivity contribution in [2.75, 3.05) is 18.0 Å². The maximum atomic E-state index is 12.4. The normalized spacial score (nSPS) is 20.0. The molecule has 2 aromatic rings. The van der Waals surface area contributed by atoms with Crippen LogP contribution in [-0.2, 0) is 6.42 Å². The molecule has 2 aliphatic rings. The molecule has 0 bridgehead atoms. The Morgan fingerprint density at radius 1 is 1.09 bits per heavy atom. The van der Waals surface area contributed by atoms with E-state index >= 15 is 0 Å². The number of fused-ring (bicyclic) bond motifs is 1. The summed E-state index contributed by atoms with van der Waals surface area (Å²) in [5, 5.41) is 8.52. The van der Waals surface area contributed by atoms with Gasteiger partial charge in [0.25, 0.3) is 5.91 Å². The second-order valence-corrected chi connectivity index (χ2v) is 6.33. The van der Waals surface area contributed by atoms with E-state index in [9.17, 15) is 4.79 Å². The van der Waals surface area contributed by atoms with E-state index in [2.05, 4.69) is 40.2 Å². The molecule has 0 N–H and O–H groups in total. The van der Waals surface area contributed by atoms with E-state index in [0.29, 0.717) is 11.7 Å². The van der Waals surface area contributed by atoms with Gasteiger partial charge in [-0.25, -0.2) is 0 Å². The Kier molecular flexibility index (Phi) is 3.48. The van der Waals surface area contributed by atoms with Crippen LogP contribution in [0.2, 0.25) is 0 Å². The lowest BCUT2D eigenvalue weighted by atomic mass is 10.1. The number of aromatic nitrogens is 2. The average Bonchev–Trinajstić information content (AvgIpc) is 3.21. The molecule has 118 valence electrons. The number of amides is 1. The molecule has 0 spiro atoms. The Bertz CT molecular complexity index is 722. The van der Waals surface area contributed by atoms with Gasteiger partial charge in [-0.05, 0) is 49.9 Å². The largest absolute Gasteiger partial charge is 0.337 e. The van der Waals surface area contributed by atoms with Crippen LogP contribution in [0.25, 0.3) is 0 Å². The summed E-state index contributed by atoms with van der Waals surface area (Å²) in [4.78, 5) is 16.4. The van der Waals surface area contributed by atoms with Crippen molar-refractivity contribution in [3.63, 3.8) is 0 Å². The smallest absolute Gasteiger partial charge is 0.274 e. The van der Waals surface area contributed by atoms with Crippen LogP contribution in [-0.4, -0.2) is 40.1 Å². The van der Waals surface area contributed by atoms with Crippen LogP contribution in [0.5, 0.6) is 0 Å². The topological polar surface area (TPSA) is 49.3 Å². The highest BCUT2D eigenvalue weighted by molar-refractivity contribution is 5.92. The summed E-state index contributed by atoms with van der Waals surface area (Å²) in [6.07, 6.45) is 3.17. The fraction of sp³-hybridized carbons (Fsp3) is 0.389. The van der Waals surface area contributed by atoms with Crippen LogP contribution in [0.3, 0.4) is 0 Å². The molecule has 3 heterocycles. The van der Waals surface area contributed by atoms with Crippen molar-refractivity contribution in [1.82, 2.24) is 15.1 Å². The van der Waals surface area contributed by atoms with Crippen molar-refractivity contribution in [2.24, 2.45) is 0 Å². The monoisotopic (exact) mass is 308 g/mol. The standard InChI is InChI=1S/C18H20N4O/c1-13-12-14-6-2-3-7-16(14)22(13)17-9-8-15(19-20-17)18(23)21-10-4-5-11-21/h2-3,6-9,13H,4-5,10-12H2,1H3. The minimum atomic E-state index is -0.00331. The first kappa shape index (κ1) is 14.2. The van der Waals surface area contributed by atoms with Gasteiger partial charge in [0, 0.05) is 24.8 Å². The van der Waals surface area contributed by atoms with Gasteiger partial charge in [-0.15, -0.1) is 10.2 Å². The molecule has 1 atom stereocenters. The lowest BCUT2D eigenvalue weighted by Crippen LogP contribution is -2.29. The molecule has 23 heavy (non-hydrogen) atoms. The molecule has 0 radical (unpaired) electrons. The van der Waals surface area contributed by atoms with Gasteiger partial charge in [-0.2, -0.15) is 0 Å². The highest BCUT2D eigenvalue weighted by Gasteiger charge is 2.28. The summed E-state index contributed by atoms with van der Waals surface area (Å²) in [6.45, 7) is 3.85. The summed E-state index contributed by atoms with van der Waals surface area (Å²) in [5.74, 6) is 0.803. The minimum Gasteiger partial charge on any atom is -0.337 e. The summed E-state index contributed by atoms with van der Waals surface area (Å²) in [6, 6.07) is 12.4. The van der Waals surface area contributed by atoms with Crippen molar-refractivity contribution in [3.05, 3.63) is 47.7 Å². The van der Waals surface area contributed by atoms with Gasteiger partial charge >= 0.3 is 0 Å². The summed E-state index contributed by atoms with van der Waals surface area (Å²) < 4.78 is 0. The molecular formula is C18H20N4O. The van der Waals surface area contributed by atoms with Crippen LogP contribution in [0.1, 0.15) is 35.8 Å². The van der Waals surface area contributed by atoms with E-state index in [-0.39, 0.29) is 5.91 Å². The first-order valence-electron chi connectivity index (χ1n) is 8.24. The van der Waals surface area contributed by atoms with Crippen LogP contribution in [0.15, 0.2) is 36.4 Å². The van der Waals surface area contributed by atoms with Gasteiger partial charge in [0.05, 0.1) is 0 Å². The van der Waals surface area contributed by atoms with Crippen molar-refractivity contribution < 1.29 is 4.79 Å². The first-order chi connectivity index (χ1) is 11.2. The zero-order valence-electron chi connectivity index (χ0n) is 13.3. The van der Waals surface area contributed by atoms with E-state index in [1.807, 2.05) is 17.0 Å². The fourth-order valence-corrected chi connectivity index (χ4v) is 3.56. The number of para-hydroxylation sites is 1. The van der Waals surface area contributed by atoms with Crippen molar-refractivity contribution in [3.8, 4) is 0 Å². The van der Waals surface area contributed by atoms with Crippen LogP contribution >= 0.6 is 0 Å². The Balaban J connectivity index is 1.60. The van der Waals surface area contributed by atoms with Gasteiger partial charge in [-0.3, -0.25) is 4.79 Å². The summed E-state index contributed by atoms with van der Waals surface area (Å²) in [5.41, 5.74) is 2.96. The molecule has 1 amide bonds. The highest BCUT2D eigenvalue weighted by atomic mass is 16.2. The number of benzene rings is 1. The molecule has 1 unspecified atom stereocenters. The number of carbonyl (C=O) groups excluding carboxylic acids is 1. The Morgan fingerprint density at radius 2 is 1.87 bits per heavy atom. The van der Waals surface area contributed by atoms with Gasteiger partial charge in [-0.1, -0.05) is 18.2 Å². The van der Waals surface area contributed by atoms with E-state index < -0.39 is 0 Å². The van der Waals surface area contributed by atoms with Gasteiger partial charge in [0.2, 0.25) is 0 Å². The van der Waals surface area contributed by atoms with E-state index in [4.69, 9.17) is 0 Å². The maximum absolute atomic E-state index is 12.4. The number of carbonyl (C=O) groups is 1. The van der Waals surface area contributed by atoms with Crippen molar-refractivity contribution in [1.29, 1.82) is 0 Å². The van der Waals surface area contributed by atoms with Crippen LogP contribution in [0.4, 0.5) is 11.5 Å². The Hall–Kier alpha value is -2.43. The highest BCUT2D eigenvalue weighted by Crippen LogP contribution is 2.36. The lowest BCUT2D eigenvalue weighted by molar-refractivity contribution is 0.0786. The third-order valence-corrected chi connectivity index (χ3v) is 4.72. The lowest BCUT2D eigenvalue weighted by Gasteiger charge is -2.23. The van der Waals surface area contributed by atoms with Crippen molar-refractivity contribution in [2.45, 2.75) is 32.2 Å². The van der Waals surface area contributed by atoms with Crippen LogP contribution < -0.4 is 4.90 Å². The molecule has 1 fully saturated rings. The number of anilines is 2. The number of likely N-dealkylation sites (tertiary alicyclic amines) is 1. The van der Waals surface area contributed by atoms with Crippen molar-refractivity contribution >= 4 is 17.4 Å². The molecule has 5 heteroatoms. The first-order valence-corrected chi connectivity index (χ1v) is 8.24. The molecule has 0 aliphatic carbocycles. The van der Waals surface area contributed by atoms with Gasteiger partial charge in [0.15, 0.2) is 11.5 Å². The molecule has 5 nitrogen and oxygen atoms in total. The quantitative estimate of drug-likeness (QED) is 0.856. The summed E-state index contributed by atoms with van der Waals surface area (Å²) >= 11 is 0. The van der Waals surface area contributed by atoms with E-state index in [1.54, 1.807) is 6.07 Å². The van der Waals surface area contributed by atoms with Crippen LogP contribution in [0, 0.1) is 0 Å². The third-order valence-electron chi connectivity index (χ3n) is 4.72. The van der Waals surface area contributed by atoms with E-state index in [1.165, 1.54) is 11.3 Å². The second-order valence-electron chi connectivity index (χ2n) is 6.33. The molecule has 4 rings (SSSR count). The SMILES string of the molecule is CC1Cc2ccccc2N1c1ccc(C(=O)N2CCCC2)nn1. The third kappa shape index (κ3) is 2.46. The number of hydrogen-bond acceptors (Lipinski definition) is 4. The Labute approximate surface area is 135 Å². The second kappa shape index (κ2) is 5.65. The molecular weight excluding hydrogens is 288 g/mol. The summed E-state index contributed by atoms with van der Waals surface area (Å²) in [7, 11) is 0. The molecule has 2 aliphatic heterocycles. The van der Waals surface area contributed by atoms with Gasteiger partial charge in [0.1, 0.15) is 0 Å². The maximum Gasteiger partial charge on any atom is 0.274 e. The molecule has 0 saturated carbocycles.